The molecular weight excluding hydrogens is 348 g/mol. The molecule has 1 fully saturated rings. The zero-order valence-corrected chi connectivity index (χ0v) is 15.8. The standard InChI is InChI=1S/C23H24N4O/c24-22(25)19-7-5-17(6-8-19)16-26-11-13-27(14-12-26)23(28)21-10-9-18-3-1-2-4-20(18)15-21/h1-10,15H,11-14,16H2,(H3,24,25). The first-order chi connectivity index (χ1) is 13.6. The Labute approximate surface area is 164 Å². The lowest BCUT2D eigenvalue weighted by atomic mass is 10.1. The Hall–Kier alpha value is -3.18. The van der Waals surface area contributed by atoms with Gasteiger partial charge in [0, 0.05) is 43.9 Å². The molecule has 1 saturated heterocycles. The van der Waals surface area contributed by atoms with Crippen molar-refractivity contribution < 1.29 is 4.79 Å². The van der Waals surface area contributed by atoms with Crippen molar-refractivity contribution in [1.29, 1.82) is 5.41 Å². The summed E-state index contributed by atoms with van der Waals surface area (Å²) >= 11 is 0. The summed E-state index contributed by atoms with van der Waals surface area (Å²) in [5.74, 6) is 0.198. The molecule has 5 heteroatoms. The third-order valence-corrected chi connectivity index (χ3v) is 5.33. The fourth-order valence-electron chi connectivity index (χ4n) is 3.66. The number of rotatable bonds is 4. The van der Waals surface area contributed by atoms with Crippen LogP contribution in [0.4, 0.5) is 0 Å². The minimum atomic E-state index is 0.0902. The van der Waals surface area contributed by atoms with E-state index in [1.807, 2.05) is 65.6 Å². The van der Waals surface area contributed by atoms with Gasteiger partial charge < -0.3 is 10.6 Å². The van der Waals surface area contributed by atoms with Crippen molar-refractivity contribution in [3.63, 3.8) is 0 Å². The minimum absolute atomic E-state index is 0.0902. The molecule has 0 bridgehead atoms. The third-order valence-electron chi connectivity index (χ3n) is 5.33. The van der Waals surface area contributed by atoms with Crippen LogP contribution in [0.5, 0.6) is 0 Å². The molecule has 0 aromatic heterocycles. The maximum absolute atomic E-state index is 12.9. The molecule has 0 aliphatic carbocycles. The summed E-state index contributed by atoms with van der Waals surface area (Å²) < 4.78 is 0. The molecule has 1 heterocycles. The van der Waals surface area contributed by atoms with Gasteiger partial charge in [0.15, 0.2) is 0 Å². The minimum Gasteiger partial charge on any atom is -0.384 e. The molecule has 0 unspecified atom stereocenters. The van der Waals surface area contributed by atoms with Crippen molar-refractivity contribution in [3.8, 4) is 0 Å². The van der Waals surface area contributed by atoms with E-state index in [2.05, 4.69) is 11.0 Å². The first-order valence-electron chi connectivity index (χ1n) is 9.54. The van der Waals surface area contributed by atoms with Gasteiger partial charge in [-0.3, -0.25) is 15.1 Å². The van der Waals surface area contributed by atoms with Crippen molar-refractivity contribution >= 4 is 22.5 Å². The number of carbonyl (C=O) groups is 1. The van der Waals surface area contributed by atoms with Crippen LogP contribution in [-0.2, 0) is 6.54 Å². The second kappa shape index (κ2) is 7.82. The highest BCUT2D eigenvalue weighted by Crippen LogP contribution is 2.18. The number of nitrogens with zero attached hydrogens (tertiary/aromatic N) is 2. The highest BCUT2D eigenvalue weighted by Gasteiger charge is 2.22. The molecule has 0 radical (unpaired) electrons. The molecular formula is C23H24N4O. The summed E-state index contributed by atoms with van der Waals surface area (Å²) in [6.07, 6.45) is 0. The predicted molar refractivity (Wildman–Crippen MR) is 113 cm³/mol. The number of hydrogen-bond donors (Lipinski definition) is 2. The summed E-state index contributed by atoms with van der Waals surface area (Å²) in [4.78, 5) is 17.2. The van der Waals surface area contributed by atoms with Crippen LogP contribution < -0.4 is 5.73 Å². The zero-order chi connectivity index (χ0) is 19.5. The average Bonchev–Trinajstić information content (AvgIpc) is 2.74. The van der Waals surface area contributed by atoms with Gasteiger partial charge in [-0.05, 0) is 28.5 Å². The number of benzene rings is 3. The maximum atomic E-state index is 12.9. The van der Waals surface area contributed by atoms with E-state index in [1.54, 1.807) is 0 Å². The van der Waals surface area contributed by atoms with Gasteiger partial charge in [-0.2, -0.15) is 0 Å². The van der Waals surface area contributed by atoms with Gasteiger partial charge >= 0.3 is 0 Å². The highest BCUT2D eigenvalue weighted by molar-refractivity contribution is 5.98. The molecule has 3 aromatic carbocycles. The van der Waals surface area contributed by atoms with Crippen LogP contribution in [-0.4, -0.2) is 47.7 Å². The Kier molecular flexibility index (Phi) is 5.08. The number of fused-ring (bicyclic) bond motifs is 1. The first-order valence-corrected chi connectivity index (χ1v) is 9.54. The second-order valence-corrected chi connectivity index (χ2v) is 7.24. The van der Waals surface area contributed by atoms with E-state index in [4.69, 9.17) is 11.1 Å². The van der Waals surface area contributed by atoms with E-state index in [-0.39, 0.29) is 11.7 Å². The highest BCUT2D eigenvalue weighted by atomic mass is 16.2. The molecule has 3 N–H and O–H groups in total. The summed E-state index contributed by atoms with van der Waals surface area (Å²) in [5.41, 5.74) is 8.20. The Bertz CT molecular complexity index is 1000. The molecule has 1 aliphatic heterocycles. The summed E-state index contributed by atoms with van der Waals surface area (Å²) in [6, 6.07) is 21.8. The SMILES string of the molecule is N=C(N)c1ccc(CN2CCN(C(=O)c3ccc4ccccc4c3)CC2)cc1. The molecule has 1 aliphatic rings. The summed E-state index contributed by atoms with van der Waals surface area (Å²) in [5, 5.41) is 9.72. The number of hydrogen-bond acceptors (Lipinski definition) is 3. The van der Waals surface area contributed by atoms with Crippen molar-refractivity contribution in [3.05, 3.63) is 83.4 Å². The van der Waals surface area contributed by atoms with E-state index in [9.17, 15) is 4.79 Å². The van der Waals surface area contributed by atoms with Crippen molar-refractivity contribution in [1.82, 2.24) is 9.80 Å². The van der Waals surface area contributed by atoms with Crippen LogP contribution in [0.1, 0.15) is 21.5 Å². The lowest BCUT2D eigenvalue weighted by Gasteiger charge is -2.34. The topological polar surface area (TPSA) is 73.4 Å². The fraction of sp³-hybridized carbons (Fsp3) is 0.217. The number of amides is 1. The molecule has 1 amide bonds. The Morgan fingerprint density at radius 3 is 2.18 bits per heavy atom. The van der Waals surface area contributed by atoms with E-state index >= 15 is 0 Å². The lowest BCUT2D eigenvalue weighted by molar-refractivity contribution is 0.0628. The molecule has 3 aromatic rings. The Morgan fingerprint density at radius 2 is 1.50 bits per heavy atom. The number of nitrogens with one attached hydrogen (secondary N) is 1. The summed E-state index contributed by atoms with van der Waals surface area (Å²) in [7, 11) is 0. The first kappa shape index (κ1) is 18.2. The van der Waals surface area contributed by atoms with E-state index in [0.717, 1.165) is 54.6 Å². The van der Waals surface area contributed by atoms with Gasteiger partial charge in [-0.1, -0.05) is 54.6 Å². The smallest absolute Gasteiger partial charge is 0.253 e. The molecule has 0 spiro atoms. The van der Waals surface area contributed by atoms with E-state index in [0.29, 0.717) is 0 Å². The quantitative estimate of drug-likeness (QED) is 0.546. The molecule has 4 rings (SSSR count). The maximum Gasteiger partial charge on any atom is 0.253 e. The monoisotopic (exact) mass is 372 g/mol. The van der Waals surface area contributed by atoms with Crippen molar-refractivity contribution in [2.75, 3.05) is 26.2 Å². The van der Waals surface area contributed by atoms with Gasteiger partial charge in [0.2, 0.25) is 0 Å². The van der Waals surface area contributed by atoms with Crippen LogP contribution in [0.25, 0.3) is 10.8 Å². The number of nitrogens with two attached hydrogens (primary N) is 1. The lowest BCUT2D eigenvalue weighted by Crippen LogP contribution is -2.48. The van der Waals surface area contributed by atoms with Crippen molar-refractivity contribution in [2.24, 2.45) is 5.73 Å². The van der Waals surface area contributed by atoms with E-state index < -0.39 is 0 Å². The normalized spacial score (nSPS) is 14.9. The third kappa shape index (κ3) is 3.89. The van der Waals surface area contributed by atoms with Crippen molar-refractivity contribution in [2.45, 2.75) is 6.54 Å². The number of nitrogen functional groups attached to an aromatic ring is 1. The molecule has 5 nitrogen and oxygen atoms in total. The predicted octanol–water partition coefficient (Wildman–Crippen LogP) is 3.08. The zero-order valence-electron chi connectivity index (χ0n) is 15.8. The molecule has 0 saturated carbocycles. The second-order valence-electron chi connectivity index (χ2n) is 7.24. The van der Waals surface area contributed by atoms with Crippen LogP contribution >= 0.6 is 0 Å². The number of piperazine rings is 1. The summed E-state index contributed by atoms with van der Waals surface area (Å²) in [6.45, 7) is 4.02. The van der Waals surface area contributed by atoms with Crippen LogP contribution in [0.2, 0.25) is 0 Å². The van der Waals surface area contributed by atoms with Crippen LogP contribution in [0, 0.1) is 5.41 Å². The van der Waals surface area contributed by atoms with Gasteiger partial charge in [-0.25, -0.2) is 0 Å². The Morgan fingerprint density at radius 1 is 0.857 bits per heavy atom. The van der Waals surface area contributed by atoms with Gasteiger partial charge in [0.05, 0.1) is 0 Å². The van der Waals surface area contributed by atoms with Gasteiger partial charge in [-0.15, -0.1) is 0 Å². The van der Waals surface area contributed by atoms with E-state index in [1.165, 1.54) is 5.56 Å². The van der Waals surface area contributed by atoms with Crippen LogP contribution in [0.3, 0.4) is 0 Å². The Balaban J connectivity index is 1.36. The average molecular weight is 372 g/mol. The fourth-order valence-corrected chi connectivity index (χ4v) is 3.66. The van der Waals surface area contributed by atoms with Crippen LogP contribution in [0.15, 0.2) is 66.7 Å². The molecule has 142 valence electrons. The number of amidine groups is 1. The van der Waals surface area contributed by atoms with Gasteiger partial charge in [0.1, 0.15) is 5.84 Å². The largest absolute Gasteiger partial charge is 0.384 e. The molecule has 28 heavy (non-hydrogen) atoms. The molecule has 0 atom stereocenters. The van der Waals surface area contributed by atoms with Gasteiger partial charge in [0.25, 0.3) is 5.91 Å². The number of carbonyl (C=O) groups excluding carboxylic acids is 1.